The lowest BCUT2D eigenvalue weighted by Crippen LogP contribution is -2.24. The average molecular weight is 268 g/mol. The van der Waals surface area contributed by atoms with E-state index in [1.165, 1.54) is 7.11 Å². The van der Waals surface area contributed by atoms with Crippen molar-refractivity contribution in [3.05, 3.63) is 29.8 Å². The lowest BCUT2D eigenvalue weighted by molar-refractivity contribution is -0.143. The van der Waals surface area contributed by atoms with E-state index in [-0.39, 0.29) is 17.8 Å². The second kappa shape index (κ2) is 4.98. The van der Waals surface area contributed by atoms with Crippen molar-refractivity contribution in [2.45, 2.75) is 18.3 Å². The van der Waals surface area contributed by atoms with Gasteiger partial charge in [0, 0.05) is 5.69 Å². The molecule has 2 rings (SSSR count). The van der Waals surface area contributed by atoms with Crippen LogP contribution < -0.4 is 5.32 Å². The van der Waals surface area contributed by atoms with Crippen LogP contribution in [0, 0.1) is 0 Å². The van der Waals surface area contributed by atoms with E-state index in [9.17, 15) is 9.59 Å². The van der Waals surface area contributed by atoms with Crippen molar-refractivity contribution in [1.29, 1.82) is 0 Å². The fraction of sp³-hybridized carbons (Fsp3) is 0.385. The number of hydrogen-bond acceptors (Lipinski definition) is 3. The van der Waals surface area contributed by atoms with Gasteiger partial charge in [0.1, 0.15) is 5.88 Å². The van der Waals surface area contributed by atoms with Gasteiger partial charge in [-0.1, -0.05) is 18.2 Å². The molecule has 18 heavy (non-hydrogen) atoms. The van der Waals surface area contributed by atoms with Crippen molar-refractivity contribution in [3.63, 3.8) is 0 Å². The minimum Gasteiger partial charge on any atom is -0.468 e. The summed E-state index contributed by atoms with van der Waals surface area (Å²) in [4.78, 5) is 23.2. The molecule has 1 aromatic carbocycles. The van der Waals surface area contributed by atoms with Crippen LogP contribution in [-0.2, 0) is 19.7 Å². The summed E-state index contributed by atoms with van der Waals surface area (Å²) in [5.41, 5.74) is 0.839. The molecule has 1 N–H and O–H groups in total. The number of benzene rings is 1. The number of amides is 1. The number of rotatable bonds is 4. The highest BCUT2D eigenvalue weighted by Gasteiger charge is 2.53. The molecule has 0 heterocycles. The van der Waals surface area contributed by atoms with Crippen molar-refractivity contribution in [3.8, 4) is 0 Å². The van der Waals surface area contributed by atoms with Gasteiger partial charge in [-0.15, -0.1) is 11.6 Å². The largest absolute Gasteiger partial charge is 0.468 e. The van der Waals surface area contributed by atoms with Crippen LogP contribution in [0.1, 0.15) is 18.4 Å². The van der Waals surface area contributed by atoms with Gasteiger partial charge in [0.25, 0.3) is 0 Å². The molecular formula is C13H14ClNO3. The molecule has 0 atom stereocenters. The van der Waals surface area contributed by atoms with Crippen LogP contribution in [-0.4, -0.2) is 24.9 Å². The number of hydrogen-bond donors (Lipinski definition) is 1. The van der Waals surface area contributed by atoms with Crippen molar-refractivity contribution in [1.82, 2.24) is 0 Å². The van der Waals surface area contributed by atoms with E-state index >= 15 is 0 Å². The number of esters is 1. The Morgan fingerprint density at radius 3 is 2.61 bits per heavy atom. The Balaban J connectivity index is 2.34. The molecule has 0 bridgehead atoms. The summed E-state index contributed by atoms with van der Waals surface area (Å²) in [7, 11) is 1.38. The van der Waals surface area contributed by atoms with E-state index in [0.717, 1.165) is 18.4 Å². The lowest BCUT2D eigenvalue weighted by Gasteiger charge is -2.17. The van der Waals surface area contributed by atoms with Crippen LogP contribution in [0.5, 0.6) is 0 Å². The molecule has 1 aliphatic rings. The minimum atomic E-state index is -0.592. The number of anilines is 1. The van der Waals surface area contributed by atoms with Crippen LogP contribution in [0.25, 0.3) is 0 Å². The maximum absolute atomic E-state index is 11.8. The van der Waals surface area contributed by atoms with Crippen molar-refractivity contribution < 1.29 is 14.3 Å². The summed E-state index contributed by atoms with van der Waals surface area (Å²) in [6.07, 6.45) is 1.49. The van der Waals surface area contributed by atoms with Gasteiger partial charge in [0.15, 0.2) is 0 Å². The first-order valence-corrected chi connectivity index (χ1v) is 6.21. The average Bonchev–Trinajstić information content (AvgIpc) is 3.19. The molecule has 0 spiro atoms. The number of carbonyl (C=O) groups excluding carboxylic acids is 2. The van der Waals surface area contributed by atoms with Crippen LogP contribution in [0.4, 0.5) is 5.69 Å². The molecule has 0 aliphatic heterocycles. The zero-order valence-electron chi connectivity index (χ0n) is 10.0. The first kappa shape index (κ1) is 12.9. The van der Waals surface area contributed by atoms with Gasteiger partial charge in [-0.05, 0) is 24.5 Å². The molecule has 0 aromatic heterocycles. The third kappa shape index (κ3) is 2.20. The number of para-hydroxylation sites is 1. The minimum absolute atomic E-state index is 0.112. The highest BCUT2D eigenvalue weighted by atomic mass is 35.5. The second-order valence-corrected chi connectivity index (χ2v) is 4.57. The maximum Gasteiger partial charge on any atom is 0.316 e. The Labute approximate surface area is 110 Å². The number of alkyl halides is 1. The van der Waals surface area contributed by atoms with E-state index in [4.69, 9.17) is 16.3 Å². The van der Waals surface area contributed by atoms with E-state index in [2.05, 4.69) is 5.32 Å². The van der Waals surface area contributed by atoms with Crippen molar-refractivity contribution in [2.75, 3.05) is 18.3 Å². The first-order chi connectivity index (χ1) is 8.64. The predicted octanol–water partition coefficient (Wildman–Crippen LogP) is 2.07. The monoisotopic (exact) mass is 267 g/mol. The molecule has 5 heteroatoms. The quantitative estimate of drug-likeness (QED) is 0.671. The number of carbonyl (C=O) groups is 2. The molecule has 1 saturated carbocycles. The van der Waals surface area contributed by atoms with Crippen LogP contribution in [0.3, 0.4) is 0 Å². The summed E-state index contributed by atoms with van der Waals surface area (Å²) in [6, 6.07) is 7.26. The van der Waals surface area contributed by atoms with Crippen molar-refractivity contribution in [2.24, 2.45) is 0 Å². The van der Waals surface area contributed by atoms with Crippen LogP contribution in [0.15, 0.2) is 24.3 Å². The van der Waals surface area contributed by atoms with E-state index in [0.29, 0.717) is 5.69 Å². The molecular weight excluding hydrogens is 254 g/mol. The highest BCUT2D eigenvalue weighted by molar-refractivity contribution is 6.29. The predicted molar refractivity (Wildman–Crippen MR) is 68.7 cm³/mol. The Kier molecular flexibility index (Phi) is 3.57. The van der Waals surface area contributed by atoms with Gasteiger partial charge in [-0.2, -0.15) is 0 Å². The molecule has 0 radical (unpaired) electrons. The molecule has 1 aliphatic carbocycles. The summed E-state index contributed by atoms with van der Waals surface area (Å²) in [5, 5.41) is 2.71. The Morgan fingerprint density at radius 2 is 2.06 bits per heavy atom. The topological polar surface area (TPSA) is 55.4 Å². The van der Waals surface area contributed by atoms with Crippen molar-refractivity contribution >= 4 is 29.2 Å². The summed E-state index contributed by atoms with van der Waals surface area (Å²) >= 11 is 5.47. The normalized spacial score (nSPS) is 15.9. The number of halogens is 1. The summed E-state index contributed by atoms with van der Waals surface area (Å²) < 4.78 is 4.84. The maximum atomic E-state index is 11.8. The molecule has 96 valence electrons. The fourth-order valence-corrected chi connectivity index (χ4v) is 2.16. The second-order valence-electron chi connectivity index (χ2n) is 4.30. The fourth-order valence-electron chi connectivity index (χ4n) is 2.10. The standard InChI is InChI=1S/C13H14ClNO3/c1-18-12(17)13(6-7-13)9-4-2-3-5-10(9)15-11(16)8-14/h2-5H,6-8H2,1H3,(H,15,16). The zero-order valence-corrected chi connectivity index (χ0v) is 10.8. The Morgan fingerprint density at radius 1 is 1.39 bits per heavy atom. The molecule has 1 aromatic rings. The van der Waals surface area contributed by atoms with Gasteiger partial charge in [-0.3, -0.25) is 9.59 Å². The van der Waals surface area contributed by atoms with Gasteiger partial charge in [0.2, 0.25) is 5.91 Å². The van der Waals surface area contributed by atoms with Gasteiger partial charge in [0.05, 0.1) is 12.5 Å². The van der Waals surface area contributed by atoms with Gasteiger partial charge >= 0.3 is 5.97 Å². The third-order valence-electron chi connectivity index (χ3n) is 3.16. The van der Waals surface area contributed by atoms with Crippen LogP contribution in [0.2, 0.25) is 0 Å². The van der Waals surface area contributed by atoms with Crippen LogP contribution >= 0.6 is 11.6 Å². The molecule has 1 amide bonds. The van der Waals surface area contributed by atoms with Gasteiger partial charge in [-0.25, -0.2) is 0 Å². The molecule has 1 fully saturated rings. The van der Waals surface area contributed by atoms with E-state index in [1.54, 1.807) is 12.1 Å². The summed E-state index contributed by atoms with van der Waals surface area (Å²) in [5.74, 6) is -0.653. The first-order valence-electron chi connectivity index (χ1n) is 5.68. The van der Waals surface area contributed by atoms with E-state index < -0.39 is 5.41 Å². The molecule has 0 saturated heterocycles. The smallest absolute Gasteiger partial charge is 0.316 e. The third-order valence-corrected chi connectivity index (χ3v) is 3.41. The molecule has 4 nitrogen and oxygen atoms in total. The SMILES string of the molecule is COC(=O)C1(c2ccccc2NC(=O)CCl)CC1. The Hall–Kier alpha value is -1.55. The van der Waals surface area contributed by atoms with E-state index in [1.807, 2.05) is 12.1 Å². The number of nitrogens with one attached hydrogen (secondary N) is 1. The summed E-state index contributed by atoms with van der Waals surface area (Å²) in [6.45, 7) is 0. The number of methoxy groups -OCH3 is 1. The number of ether oxygens (including phenoxy) is 1. The highest BCUT2D eigenvalue weighted by Crippen LogP contribution is 2.51. The molecule has 0 unspecified atom stereocenters. The zero-order chi connectivity index (χ0) is 13.2. The lowest BCUT2D eigenvalue weighted by atomic mass is 9.94. The van der Waals surface area contributed by atoms with Gasteiger partial charge < -0.3 is 10.1 Å². The Bertz CT molecular complexity index is 483.